The number of hydrogen-bond acceptors (Lipinski definition) is 1. The van der Waals surface area contributed by atoms with Gasteiger partial charge in [-0.1, -0.05) is 6.07 Å². The number of carbonyl (C=O) groups excluding carboxylic acids is 1. The lowest BCUT2D eigenvalue weighted by atomic mass is 9.68. The summed E-state index contributed by atoms with van der Waals surface area (Å²) in [6.45, 7) is 0. The molecule has 2 fully saturated rings. The summed E-state index contributed by atoms with van der Waals surface area (Å²) in [5, 5.41) is 0. The van der Waals surface area contributed by atoms with Crippen LogP contribution >= 0.6 is 0 Å². The summed E-state index contributed by atoms with van der Waals surface area (Å²) in [5.74, 6) is 0.694. The molecular formula is C19H24F2O. The molecule has 0 radical (unpaired) electrons. The molecule has 0 unspecified atom stereocenters. The van der Waals surface area contributed by atoms with Gasteiger partial charge in [-0.05, 0) is 86.8 Å². The van der Waals surface area contributed by atoms with Crippen molar-refractivity contribution >= 4 is 6.29 Å². The zero-order valence-corrected chi connectivity index (χ0v) is 12.9. The molecule has 0 aromatic heterocycles. The van der Waals surface area contributed by atoms with Gasteiger partial charge >= 0.3 is 0 Å². The average molecular weight is 306 g/mol. The molecule has 0 aliphatic heterocycles. The Hall–Kier alpha value is -1.25. The fraction of sp³-hybridized carbons (Fsp3) is 0.632. The van der Waals surface area contributed by atoms with Crippen LogP contribution in [-0.4, -0.2) is 6.29 Å². The zero-order valence-electron chi connectivity index (χ0n) is 12.9. The van der Waals surface area contributed by atoms with E-state index in [1.54, 1.807) is 6.07 Å². The van der Waals surface area contributed by atoms with E-state index < -0.39 is 11.6 Å². The molecule has 22 heavy (non-hydrogen) atoms. The van der Waals surface area contributed by atoms with Crippen LogP contribution < -0.4 is 0 Å². The topological polar surface area (TPSA) is 17.1 Å². The Morgan fingerprint density at radius 1 is 0.818 bits per heavy atom. The molecule has 0 heterocycles. The molecular weight excluding hydrogens is 282 g/mol. The van der Waals surface area contributed by atoms with Gasteiger partial charge in [-0.3, -0.25) is 0 Å². The fourth-order valence-electron chi connectivity index (χ4n) is 4.44. The summed E-state index contributed by atoms with van der Waals surface area (Å²) in [6.07, 6.45) is 10.1. The predicted octanol–water partition coefficient (Wildman–Crippen LogP) is 5.24. The highest BCUT2D eigenvalue weighted by atomic mass is 19.2. The summed E-state index contributed by atoms with van der Waals surface area (Å²) in [5.41, 5.74) is 0.946. The van der Waals surface area contributed by atoms with Crippen molar-refractivity contribution < 1.29 is 13.6 Å². The van der Waals surface area contributed by atoms with E-state index in [1.807, 2.05) is 0 Å². The molecule has 2 saturated carbocycles. The van der Waals surface area contributed by atoms with Crippen LogP contribution in [0, 0.1) is 29.4 Å². The van der Waals surface area contributed by atoms with Crippen LogP contribution in [0.5, 0.6) is 0 Å². The Labute approximate surface area is 131 Å². The van der Waals surface area contributed by atoms with E-state index in [2.05, 4.69) is 0 Å². The van der Waals surface area contributed by atoms with Crippen molar-refractivity contribution in [1.82, 2.24) is 0 Å². The standard InChI is InChI=1S/C19H24F2O/c20-18-10-9-17(11-19(18)21)16-7-5-15(6-8-16)14-3-1-13(12-22)2-4-14/h9-16H,1-8H2/t13-,14-,15-,16-. The highest BCUT2D eigenvalue weighted by Crippen LogP contribution is 2.43. The van der Waals surface area contributed by atoms with Crippen LogP contribution in [0.15, 0.2) is 18.2 Å². The van der Waals surface area contributed by atoms with Gasteiger partial charge in [0.25, 0.3) is 0 Å². The molecule has 0 N–H and O–H groups in total. The number of halogens is 2. The van der Waals surface area contributed by atoms with Crippen LogP contribution in [0.4, 0.5) is 8.78 Å². The SMILES string of the molecule is O=C[C@H]1CC[C@H]([C@H]2CC[C@H](c3ccc(F)c(F)c3)CC2)CC1. The maximum absolute atomic E-state index is 13.4. The monoisotopic (exact) mass is 306 g/mol. The summed E-state index contributed by atoms with van der Waals surface area (Å²) in [6, 6.07) is 4.35. The lowest BCUT2D eigenvalue weighted by Gasteiger charge is -2.37. The minimum atomic E-state index is -0.760. The minimum absolute atomic E-state index is 0.287. The number of aldehydes is 1. The molecule has 0 atom stereocenters. The van der Waals surface area contributed by atoms with E-state index in [4.69, 9.17) is 0 Å². The second kappa shape index (κ2) is 6.89. The van der Waals surface area contributed by atoms with Crippen LogP contribution in [0.3, 0.4) is 0 Å². The Kier molecular flexibility index (Phi) is 4.90. The van der Waals surface area contributed by atoms with Gasteiger partial charge in [-0.15, -0.1) is 0 Å². The first-order valence-corrected chi connectivity index (χ1v) is 8.57. The van der Waals surface area contributed by atoms with Crippen molar-refractivity contribution in [1.29, 1.82) is 0 Å². The highest BCUT2D eigenvalue weighted by Gasteiger charge is 2.31. The van der Waals surface area contributed by atoms with E-state index in [0.29, 0.717) is 5.92 Å². The third-order valence-corrected chi connectivity index (χ3v) is 5.86. The lowest BCUT2D eigenvalue weighted by Crippen LogP contribution is -2.25. The number of carbonyl (C=O) groups is 1. The van der Waals surface area contributed by atoms with Crippen LogP contribution in [0.2, 0.25) is 0 Å². The molecule has 2 aliphatic carbocycles. The fourth-order valence-corrected chi connectivity index (χ4v) is 4.44. The van der Waals surface area contributed by atoms with Crippen molar-refractivity contribution in [3.8, 4) is 0 Å². The molecule has 3 heteroatoms. The van der Waals surface area contributed by atoms with Crippen molar-refractivity contribution in [2.45, 2.75) is 57.3 Å². The maximum Gasteiger partial charge on any atom is 0.159 e. The molecule has 1 aromatic rings. The van der Waals surface area contributed by atoms with Crippen molar-refractivity contribution in [2.75, 3.05) is 0 Å². The van der Waals surface area contributed by atoms with Crippen LogP contribution in [0.1, 0.15) is 62.8 Å². The average Bonchev–Trinajstić information content (AvgIpc) is 2.58. The van der Waals surface area contributed by atoms with E-state index in [1.165, 1.54) is 37.8 Å². The van der Waals surface area contributed by atoms with Crippen LogP contribution in [0.25, 0.3) is 0 Å². The molecule has 0 saturated heterocycles. The maximum atomic E-state index is 13.4. The quantitative estimate of drug-likeness (QED) is 0.698. The molecule has 0 amide bonds. The number of benzene rings is 1. The second-order valence-electron chi connectivity index (χ2n) is 7.10. The second-order valence-corrected chi connectivity index (χ2v) is 7.10. The first-order valence-electron chi connectivity index (χ1n) is 8.57. The van der Waals surface area contributed by atoms with Crippen LogP contribution in [-0.2, 0) is 4.79 Å². The van der Waals surface area contributed by atoms with Gasteiger partial charge in [-0.2, -0.15) is 0 Å². The molecule has 2 aliphatic rings. The predicted molar refractivity (Wildman–Crippen MR) is 82.6 cm³/mol. The summed E-state index contributed by atoms with van der Waals surface area (Å²) >= 11 is 0. The Bertz CT molecular complexity index is 512. The highest BCUT2D eigenvalue weighted by molar-refractivity contribution is 5.53. The van der Waals surface area contributed by atoms with E-state index in [9.17, 15) is 13.6 Å². The molecule has 3 rings (SSSR count). The van der Waals surface area contributed by atoms with Gasteiger partial charge < -0.3 is 4.79 Å². The summed E-state index contributed by atoms with van der Waals surface area (Å²) < 4.78 is 26.4. The minimum Gasteiger partial charge on any atom is -0.303 e. The van der Waals surface area contributed by atoms with Gasteiger partial charge in [0.15, 0.2) is 11.6 Å². The van der Waals surface area contributed by atoms with Gasteiger partial charge in [0.1, 0.15) is 6.29 Å². The molecule has 0 bridgehead atoms. The van der Waals surface area contributed by atoms with E-state index in [-0.39, 0.29) is 5.92 Å². The normalized spacial score (nSPS) is 32.6. The first kappa shape index (κ1) is 15.6. The third-order valence-electron chi connectivity index (χ3n) is 5.86. The summed E-state index contributed by atoms with van der Waals surface area (Å²) in [7, 11) is 0. The molecule has 120 valence electrons. The number of hydrogen-bond donors (Lipinski definition) is 0. The van der Waals surface area contributed by atoms with Crippen molar-refractivity contribution in [3.63, 3.8) is 0 Å². The van der Waals surface area contributed by atoms with Gasteiger partial charge in [-0.25, -0.2) is 8.78 Å². The Morgan fingerprint density at radius 2 is 1.41 bits per heavy atom. The van der Waals surface area contributed by atoms with E-state index in [0.717, 1.165) is 49.4 Å². The van der Waals surface area contributed by atoms with Crippen molar-refractivity contribution in [3.05, 3.63) is 35.4 Å². The van der Waals surface area contributed by atoms with E-state index >= 15 is 0 Å². The molecule has 0 spiro atoms. The Morgan fingerprint density at radius 3 is 1.95 bits per heavy atom. The summed E-state index contributed by atoms with van der Waals surface area (Å²) in [4.78, 5) is 10.8. The molecule has 1 nitrogen and oxygen atoms in total. The molecule has 1 aromatic carbocycles. The zero-order chi connectivity index (χ0) is 15.5. The first-order chi connectivity index (χ1) is 10.7. The largest absolute Gasteiger partial charge is 0.303 e. The Balaban J connectivity index is 1.54. The van der Waals surface area contributed by atoms with Gasteiger partial charge in [0, 0.05) is 5.92 Å². The lowest BCUT2D eigenvalue weighted by molar-refractivity contribution is -0.112. The van der Waals surface area contributed by atoms with Gasteiger partial charge in [0.05, 0.1) is 0 Å². The third kappa shape index (κ3) is 3.39. The smallest absolute Gasteiger partial charge is 0.159 e. The van der Waals surface area contributed by atoms with Crippen molar-refractivity contribution in [2.24, 2.45) is 17.8 Å². The number of rotatable bonds is 3. The van der Waals surface area contributed by atoms with Gasteiger partial charge in [0.2, 0.25) is 0 Å².